The van der Waals surface area contributed by atoms with E-state index in [4.69, 9.17) is 4.52 Å². The van der Waals surface area contributed by atoms with Crippen molar-refractivity contribution in [2.75, 3.05) is 5.32 Å². The Hall–Kier alpha value is -1.78. The first-order chi connectivity index (χ1) is 9.08. The van der Waals surface area contributed by atoms with Crippen molar-refractivity contribution in [2.45, 2.75) is 52.5 Å². The minimum absolute atomic E-state index is 0.0702. The Morgan fingerprint density at radius 3 is 2.79 bits per heavy atom. The van der Waals surface area contributed by atoms with Gasteiger partial charge in [-0.05, 0) is 46.5 Å². The van der Waals surface area contributed by atoms with Crippen molar-refractivity contribution in [3.63, 3.8) is 0 Å². The largest absolute Gasteiger partial charge is 0.359 e. The van der Waals surface area contributed by atoms with E-state index in [1.807, 2.05) is 6.92 Å². The Labute approximate surface area is 113 Å². The third-order valence-corrected chi connectivity index (χ3v) is 3.50. The number of carbonyl (C=O) groups excluding carboxylic acids is 1. The van der Waals surface area contributed by atoms with Crippen LogP contribution < -0.4 is 10.6 Å². The van der Waals surface area contributed by atoms with Crippen LogP contribution >= 0.6 is 0 Å². The van der Waals surface area contributed by atoms with Crippen LogP contribution in [0, 0.1) is 13.8 Å². The van der Waals surface area contributed by atoms with Gasteiger partial charge in [-0.3, -0.25) is 0 Å². The monoisotopic (exact) mass is 263 g/mol. The first kappa shape index (κ1) is 13.6. The maximum Gasteiger partial charge on any atom is 0.319 e. The standard InChI is InChI=1S/C14H21N3O2/c1-9(12-7-5-4-6-8-12)15-14(18)16-13-10(2)17-19-11(13)3/h7,9H,4-6,8H2,1-3H3,(H2,15,16,18)/t9-/m0/s1. The first-order valence-electron chi connectivity index (χ1n) is 6.77. The molecule has 0 saturated carbocycles. The number of hydrogen-bond acceptors (Lipinski definition) is 3. The molecule has 0 bridgehead atoms. The van der Waals surface area contributed by atoms with Gasteiger partial charge >= 0.3 is 6.03 Å². The Morgan fingerprint density at radius 2 is 2.21 bits per heavy atom. The molecule has 0 radical (unpaired) electrons. The van der Waals surface area contributed by atoms with E-state index in [0.29, 0.717) is 17.1 Å². The molecule has 2 amide bonds. The predicted molar refractivity (Wildman–Crippen MR) is 74.1 cm³/mol. The highest BCUT2D eigenvalue weighted by atomic mass is 16.5. The van der Waals surface area contributed by atoms with Gasteiger partial charge < -0.3 is 15.2 Å². The summed E-state index contributed by atoms with van der Waals surface area (Å²) in [6, 6.07) is -0.144. The summed E-state index contributed by atoms with van der Waals surface area (Å²) in [7, 11) is 0. The quantitative estimate of drug-likeness (QED) is 0.822. The highest BCUT2D eigenvalue weighted by Crippen LogP contribution is 2.21. The van der Waals surface area contributed by atoms with Crippen LogP contribution in [0.3, 0.4) is 0 Å². The zero-order chi connectivity index (χ0) is 13.8. The van der Waals surface area contributed by atoms with E-state index in [-0.39, 0.29) is 12.1 Å². The molecule has 19 heavy (non-hydrogen) atoms. The van der Waals surface area contributed by atoms with Crippen LogP contribution in [0.15, 0.2) is 16.2 Å². The van der Waals surface area contributed by atoms with Gasteiger partial charge in [0.2, 0.25) is 0 Å². The lowest BCUT2D eigenvalue weighted by Crippen LogP contribution is -2.37. The fourth-order valence-corrected chi connectivity index (χ4v) is 2.36. The lowest BCUT2D eigenvalue weighted by atomic mass is 9.95. The van der Waals surface area contributed by atoms with E-state index < -0.39 is 0 Å². The Morgan fingerprint density at radius 1 is 1.42 bits per heavy atom. The third kappa shape index (κ3) is 3.36. The molecule has 0 fully saturated rings. The summed E-state index contributed by atoms with van der Waals surface area (Å²) in [6.07, 6.45) is 6.90. The van der Waals surface area contributed by atoms with Crippen molar-refractivity contribution in [2.24, 2.45) is 0 Å². The van der Waals surface area contributed by atoms with Gasteiger partial charge in [-0.15, -0.1) is 0 Å². The first-order valence-corrected chi connectivity index (χ1v) is 6.77. The normalized spacial score (nSPS) is 16.7. The van der Waals surface area contributed by atoms with Crippen LogP contribution in [0.25, 0.3) is 0 Å². The van der Waals surface area contributed by atoms with Gasteiger partial charge in [-0.1, -0.05) is 16.8 Å². The average molecular weight is 263 g/mol. The van der Waals surface area contributed by atoms with Crippen molar-refractivity contribution >= 4 is 11.7 Å². The maximum absolute atomic E-state index is 11.9. The van der Waals surface area contributed by atoms with Crippen LogP contribution in [-0.2, 0) is 0 Å². The Balaban J connectivity index is 1.92. The number of aryl methyl sites for hydroxylation is 2. The Kier molecular flexibility index (Phi) is 4.24. The van der Waals surface area contributed by atoms with Crippen molar-refractivity contribution in [1.82, 2.24) is 10.5 Å². The number of allylic oxidation sites excluding steroid dienone is 1. The second-order valence-electron chi connectivity index (χ2n) is 5.04. The van der Waals surface area contributed by atoms with Gasteiger partial charge in [0.1, 0.15) is 11.4 Å². The molecule has 1 aromatic rings. The molecule has 1 heterocycles. The zero-order valence-corrected chi connectivity index (χ0v) is 11.7. The fraction of sp³-hybridized carbons (Fsp3) is 0.571. The SMILES string of the molecule is Cc1noc(C)c1NC(=O)N[C@@H](C)C1=CCCCC1. The third-order valence-electron chi connectivity index (χ3n) is 3.50. The molecule has 2 rings (SSSR count). The summed E-state index contributed by atoms with van der Waals surface area (Å²) in [5.41, 5.74) is 2.67. The number of nitrogens with one attached hydrogen (secondary N) is 2. The van der Waals surface area contributed by atoms with Crippen molar-refractivity contribution in [1.29, 1.82) is 0 Å². The molecule has 5 heteroatoms. The highest BCUT2D eigenvalue weighted by Gasteiger charge is 2.16. The number of carbonyl (C=O) groups is 1. The van der Waals surface area contributed by atoms with Gasteiger partial charge in [0.15, 0.2) is 5.76 Å². The molecule has 1 aromatic heterocycles. The predicted octanol–water partition coefficient (Wildman–Crippen LogP) is 3.30. The highest BCUT2D eigenvalue weighted by molar-refractivity contribution is 5.90. The molecular weight excluding hydrogens is 242 g/mol. The van der Waals surface area contributed by atoms with Crippen molar-refractivity contribution in [3.8, 4) is 0 Å². The molecular formula is C14H21N3O2. The molecule has 0 aliphatic heterocycles. The van der Waals surface area contributed by atoms with E-state index in [1.54, 1.807) is 13.8 Å². The lowest BCUT2D eigenvalue weighted by Gasteiger charge is -2.21. The van der Waals surface area contributed by atoms with E-state index in [9.17, 15) is 4.79 Å². The average Bonchev–Trinajstić information content (AvgIpc) is 2.71. The molecule has 1 aliphatic rings. The minimum atomic E-state index is -0.214. The zero-order valence-electron chi connectivity index (χ0n) is 11.7. The molecule has 1 aliphatic carbocycles. The van der Waals surface area contributed by atoms with Crippen LogP contribution in [0.4, 0.5) is 10.5 Å². The number of anilines is 1. The molecule has 0 spiro atoms. The molecule has 104 valence electrons. The van der Waals surface area contributed by atoms with Gasteiger partial charge in [0, 0.05) is 6.04 Å². The lowest BCUT2D eigenvalue weighted by molar-refractivity contribution is 0.250. The summed E-state index contributed by atoms with van der Waals surface area (Å²) in [4.78, 5) is 11.9. The fourth-order valence-electron chi connectivity index (χ4n) is 2.36. The van der Waals surface area contributed by atoms with Crippen LogP contribution in [0.1, 0.15) is 44.1 Å². The van der Waals surface area contributed by atoms with Crippen molar-refractivity contribution < 1.29 is 9.32 Å². The second-order valence-corrected chi connectivity index (χ2v) is 5.04. The van der Waals surface area contributed by atoms with Crippen LogP contribution in [-0.4, -0.2) is 17.2 Å². The van der Waals surface area contributed by atoms with E-state index >= 15 is 0 Å². The smallest absolute Gasteiger partial charge is 0.319 e. The van der Waals surface area contributed by atoms with E-state index in [1.165, 1.54) is 18.4 Å². The van der Waals surface area contributed by atoms with Gasteiger partial charge in [0.25, 0.3) is 0 Å². The van der Waals surface area contributed by atoms with Gasteiger partial charge in [-0.2, -0.15) is 0 Å². The van der Waals surface area contributed by atoms with Crippen LogP contribution in [0.5, 0.6) is 0 Å². The van der Waals surface area contributed by atoms with Crippen molar-refractivity contribution in [3.05, 3.63) is 23.1 Å². The summed E-state index contributed by atoms with van der Waals surface area (Å²) in [6.45, 7) is 5.60. The molecule has 0 unspecified atom stereocenters. The Bertz CT molecular complexity index is 471. The molecule has 0 saturated heterocycles. The van der Waals surface area contributed by atoms with Crippen LogP contribution in [0.2, 0.25) is 0 Å². The molecule has 2 N–H and O–H groups in total. The summed E-state index contributed by atoms with van der Waals surface area (Å²) in [5, 5.41) is 9.56. The number of nitrogens with zero attached hydrogens (tertiary/aromatic N) is 1. The number of aromatic nitrogens is 1. The minimum Gasteiger partial charge on any atom is -0.359 e. The number of amides is 2. The number of hydrogen-bond donors (Lipinski definition) is 2. The molecule has 0 aromatic carbocycles. The van der Waals surface area contributed by atoms with E-state index in [2.05, 4.69) is 21.9 Å². The maximum atomic E-state index is 11.9. The molecule has 1 atom stereocenters. The number of rotatable bonds is 3. The molecule has 5 nitrogen and oxygen atoms in total. The van der Waals surface area contributed by atoms with Gasteiger partial charge in [-0.25, -0.2) is 4.79 Å². The summed E-state index contributed by atoms with van der Waals surface area (Å²) >= 11 is 0. The number of urea groups is 1. The summed E-state index contributed by atoms with van der Waals surface area (Å²) in [5.74, 6) is 0.622. The van der Waals surface area contributed by atoms with Gasteiger partial charge in [0.05, 0.1) is 0 Å². The van der Waals surface area contributed by atoms with E-state index in [0.717, 1.165) is 12.8 Å². The summed E-state index contributed by atoms with van der Waals surface area (Å²) < 4.78 is 5.01. The topological polar surface area (TPSA) is 67.2 Å². The second kappa shape index (κ2) is 5.91.